The molecule has 2 aromatic carbocycles. The lowest BCUT2D eigenvalue weighted by Crippen LogP contribution is -2.23. The number of fused-ring (bicyclic) bond motifs is 1. The molecular formula is C23H24BN3O4. The van der Waals surface area contributed by atoms with Crippen molar-refractivity contribution >= 4 is 48.4 Å². The highest BCUT2D eigenvalue weighted by atomic mass is 16.5. The Morgan fingerprint density at radius 3 is 2.48 bits per heavy atom. The summed E-state index contributed by atoms with van der Waals surface area (Å²) in [7, 11) is 11.0. The number of carbonyl (C=O) groups is 1. The number of nitrogens with zero attached hydrogens (tertiary/aromatic N) is 3. The number of anilines is 2. The largest absolute Gasteiger partial charge is 0.464 e. The lowest BCUT2D eigenvalue weighted by atomic mass is 10.1. The number of hydrogen-bond donors (Lipinski definition) is 0. The fraction of sp³-hybridized carbons (Fsp3) is 0.261. The van der Waals surface area contributed by atoms with Crippen molar-refractivity contribution in [2.75, 3.05) is 44.1 Å². The summed E-state index contributed by atoms with van der Waals surface area (Å²) in [6.07, 6.45) is 3.34. The van der Waals surface area contributed by atoms with E-state index in [1.54, 1.807) is 12.1 Å². The van der Waals surface area contributed by atoms with E-state index in [-0.39, 0.29) is 18.6 Å². The summed E-state index contributed by atoms with van der Waals surface area (Å²) < 4.78 is 10.4. The van der Waals surface area contributed by atoms with Gasteiger partial charge in [0.15, 0.2) is 5.58 Å². The molecule has 2 radical (unpaired) electrons. The van der Waals surface area contributed by atoms with Crippen LogP contribution in [0.1, 0.15) is 11.3 Å². The monoisotopic (exact) mass is 417 g/mol. The van der Waals surface area contributed by atoms with Crippen molar-refractivity contribution < 1.29 is 13.9 Å². The number of aromatic nitrogens is 1. The van der Waals surface area contributed by atoms with Crippen LogP contribution < -0.4 is 15.4 Å². The second-order valence-electron chi connectivity index (χ2n) is 7.20. The first-order valence-electron chi connectivity index (χ1n) is 9.84. The molecule has 1 heterocycles. The maximum absolute atomic E-state index is 12.3. The molecule has 0 spiro atoms. The van der Waals surface area contributed by atoms with Crippen LogP contribution in [0.5, 0.6) is 0 Å². The zero-order chi connectivity index (χ0) is 22.4. The zero-order valence-electron chi connectivity index (χ0n) is 17.9. The number of hydrogen-bond acceptors (Lipinski definition) is 7. The van der Waals surface area contributed by atoms with Crippen LogP contribution in [-0.4, -0.2) is 53.1 Å². The van der Waals surface area contributed by atoms with Crippen molar-refractivity contribution in [1.29, 1.82) is 0 Å². The summed E-state index contributed by atoms with van der Waals surface area (Å²) in [5.41, 5.74) is 3.66. The summed E-state index contributed by atoms with van der Waals surface area (Å²) >= 11 is 0. The van der Waals surface area contributed by atoms with Gasteiger partial charge in [-0.15, -0.1) is 0 Å². The second-order valence-corrected chi connectivity index (χ2v) is 7.20. The Bertz CT molecular complexity index is 1140. The normalized spacial score (nSPS) is 11.1. The van der Waals surface area contributed by atoms with Gasteiger partial charge in [0.1, 0.15) is 17.8 Å². The lowest BCUT2D eigenvalue weighted by Gasteiger charge is -2.19. The van der Waals surface area contributed by atoms with E-state index in [9.17, 15) is 9.59 Å². The quantitative estimate of drug-likeness (QED) is 0.412. The van der Waals surface area contributed by atoms with Crippen LogP contribution in [0.15, 0.2) is 51.7 Å². The lowest BCUT2D eigenvalue weighted by molar-refractivity contribution is -0.140. The molecule has 8 heteroatoms. The predicted octanol–water partition coefficient (Wildman–Crippen LogP) is 2.99. The van der Waals surface area contributed by atoms with E-state index < -0.39 is 11.6 Å². The van der Waals surface area contributed by atoms with Crippen molar-refractivity contribution in [2.24, 2.45) is 0 Å². The van der Waals surface area contributed by atoms with Crippen molar-refractivity contribution in [2.45, 2.75) is 6.32 Å². The zero-order valence-corrected chi connectivity index (χ0v) is 17.9. The Balaban J connectivity index is 1.69. The molecule has 158 valence electrons. The molecule has 0 unspecified atom stereocenters. The second kappa shape index (κ2) is 9.97. The Kier molecular flexibility index (Phi) is 7.13. The summed E-state index contributed by atoms with van der Waals surface area (Å²) in [5, 5.41) is 0. The maximum atomic E-state index is 12.3. The van der Waals surface area contributed by atoms with Crippen LogP contribution in [0, 0.1) is 0 Å². The molecule has 0 aliphatic carbocycles. The third-order valence-electron chi connectivity index (χ3n) is 4.74. The maximum Gasteiger partial charge on any atom is 0.362 e. The number of carbonyl (C=O) groups excluding carboxylic acids is 1. The Morgan fingerprint density at radius 1 is 1.10 bits per heavy atom. The highest BCUT2D eigenvalue weighted by Crippen LogP contribution is 2.19. The van der Waals surface area contributed by atoms with E-state index in [0.29, 0.717) is 17.6 Å². The van der Waals surface area contributed by atoms with Gasteiger partial charge in [0.25, 0.3) is 5.97 Å². The van der Waals surface area contributed by atoms with Gasteiger partial charge < -0.3 is 19.0 Å². The van der Waals surface area contributed by atoms with E-state index in [2.05, 4.69) is 4.98 Å². The average molecular weight is 417 g/mol. The number of likely N-dealkylation sites (N-methyl/N-ethyl adjacent to an activating group) is 1. The van der Waals surface area contributed by atoms with Gasteiger partial charge in [-0.3, -0.25) is 4.79 Å². The average Bonchev–Trinajstić information content (AvgIpc) is 2.77. The molecule has 0 bridgehead atoms. The molecule has 31 heavy (non-hydrogen) atoms. The van der Waals surface area contributed by atoms with Crippen molar-refractivity contribution in [1.82, 2.24) is 4.98 Å². The van der Waals surface area contributed by atoms with Crippen LogP contribution in [0.25, 0.3) is 23.3 Å². The molecule has 0 fully saturated rings. The molecule has 3 aromatic rings. The standard InChI is InChI=1S/C23H24BN3O4/c1-26(2)18-9-11-19-21(14-18)31-23(29)20(25-19)10-6-16-4-7-17(8-5-16)27(3)12-13-30-22(28)15-24/h4-11,14H,12-13,15H2,1-3H3/b10-6+. The topological polar surface area (TPSA) is 75.9 Å². The summed E-state index contributed by atoms with van der Waals surface area (Å²) in [6.45, 7) is 0.826. The van der Waals surface area contributed by atoms with Crippen molar-refractivity contribution in [3.8, 4) is 0 Å². The molecule has 0 saturated carbocycles. The summed E-state index contributed by atoms with van der Waals surface area (Å²) in [6, 6.07) is 13.3. The van der Waals surface area contributed by atoms with E-state index >= 15 is 0 Å². The number of benzene rings is 2. The molecule has 0 aliphatic heterocycles. The van der Waals surface area contributed by atoms with E-state index in [0.717, 1.165) is 16.9 Å². The molecule has 1 aromatic heterocycles. The smallest absolute Gasteiger partial charge is 0.362 e. The minimum atomic E-state index is -0.483. The minimum absolute atomic E-state index is 0.119. The summed E-state index contributed by atoms with van der Waals surface area (Å²) in [4.78, 5) is 31.7. The fourth-order valence-corrected chi connectivity index (χ4v) is 2.89. The van der Waals surface area contributed by atoms with Crippen LogP contribution in [0.2, 0.25) is 6.32 Å². The number of esters is 1. The Hall–Kier alpha value is -3.55. The van der Waals surface area contributed by atoms with Gasteiger partial charge in [0.05, 0.1) is 14.4 Å². The molecule has 3 rings (SSSR count). The van der Waals surface area contributed by atoms with Gasteiger partial charge in [0.2, 0.25) is 0 Å². The van der Waals surface area contributed by atoms with Crippen molar-refractivity contribution in [3.63, 3.8) is 0 Å². The van der Waals surface area contributed by atoms with Gasteiger partial charge >= 0.3 is 5.63 Å². The number of ether oxygens (including phenoxy) is 1. The van der Waals surface area contributed by atoms with Crippen LogP contribution in [-0.2, 0) is 9.53 Å². The van der Waals surface area contributed by atoms with Gasteiger partial charge in [-0.25, -0.2) is 9.78 Å². The molecule has 0 amide bonds. The van der Waals surface area contributed by atoms with Gasteiger partial charge in [-0.05, 0) is 35.9 Å². The van der Waals surface area contributed by atoms with Crippen molar-refractivity contribution in [3.05, 3.63) is 64.1 Å². The first kappa shape index (κ1) is 22.1. The highest BCUT2D eigenvalue weighted by molar-refractivity contribution is 6.18. The van der Waals surface area contributed by atoms with Gasteiger partial charge in [-0.2, -0.15) is 0 Å². The fourth-order valence-electron chi connectivity index (χ4n) is 2.89. The van der Waals surface area contributed by atoms with Gasteiger partial charge in [-0.1, -0.05) is 18.2 Å². The molecule has 0 saturated heterocycles. The van der Waals surface area contributed by atoms with Crippen LogP contribution >= 0.6 is 0 Å². The molecule has 0 aliphatic rings. The van der Waals surface area contributed by atoms with Gasteiger partial charge in [0, 0.05) is 44.9 Å². The highest BCUT2D eigenvalue weighted by Gasteiger charge is 2.07. The minimum Gasteiger partial charge on any atom is -0.464 e. The first-order valence-corrected chi connectivity index (χ1v) is 9.84. The van der Waals surface area contributed by atoms with Crippen LogP contribution in [0.3, 0.4) is 0 Å². The number of rotatable bonds is 8. The molecular weight excluding hydrogens is 393 g/mol. The predicted molar refractivity (Wildman–Crippen MR) is 125 cm³/mol. The third-order valence-corrected chi connectivity index (χ3v) is 4.74. The van der Waals surface area contributed by atoms with E-state index in [4.69, 9.17) is 17.0 Å². The Labute approximate surface area is 182 Å². The Morgan fingerprint density at radius 2 is 1.81 bits per heavy atom. The summed E-state index contributed by atoms with van der Waals surface area (Å²) in [5.74, 6) is -0.418. The third kappa shape index (κ3) is 5.75. The van der Waals surface area contributed by atoms with E-state index in [1.807, 2.05) is 73.4 Å². The first-order chi connectivity index (χ1) is 14.9. The molecule has 0 N–H and O–H groups in total. The molecule has 0 atom stereocenters. The SMILES string of the molecule is [B]CC(=O)OCCN(C)c1ccc(/C=C/c2nc3ccc(N(C)C)cc3oc2=O)cc1. The van der Waals surface area contributed by atoms with E-state index in [1.165, 1.54) is 0 Å². The molecule has 7 nitrogen and oxygen atoms in total. The van der Waals surface area contributed by atoms with Crippen LogP contribution in [0.4, 0.5) is 11.4 Å².